The smallest absolute Gasteiger partial charge is 0.237 e. The fourth-order valence-electron chi connectivity index (χ4n) is 2.21. The van der Waals surface area contributed by atoms with Crippen molar-refractivity contribution in [2.24, 2.45) is 5.92 Å². The van der Waals surface area contributed by atoms with Gasteiger partial charge in [-0.1, -0.05) is 19.1 Å². The second-order valence-corrected chi connectivity index (χ2v) is 5.54. The summed E-state index contributed by atoms with van der Waals surface area (Å²) in [6.45, 7) is 14.3. The van der Waals surface area contributed by atoms with Crippen LogP contribution in [0.25, 0.3) is 0 Å². The van der Waals surface area contributed by atoms with Gasteiger partial charge >= 0.3 is 0 Å². The first kappa shape index (κ1) is 15.2. The van der Waals surface area contributed by atoms with Gasteiger partial charge in [0.25, 0.3) is 0 Å². The molecule has 0 saturated heterocycles. The van der Waals surface area contributed by atoms with Crippen molar-refractivity contribution in [3.63, 3.8) is 0 Å². The number of rotatable bonds is 9. The standard InChI is InChI=1S/C15H28N2O/c1-5-9-16(11-14-7-8-14)12-15(18)17(6-2)10-13(3)4/h14H,3,5-12H2,1-2,4H3. The van der Waals surface area contributed by atoms with Gasteiger partial charge in [0.1, 0.15) is 0 Å². The Labute approximate surface area is 112 Å². The second kappa shape index (κ2) is 7.57. The molecule has 104 valence electrons. The van der Waals surface area contributed by atoms with Crippen LogP contribution in [0.2, 0.25) is 0 Å². The Hall–Kier alpha value is -0.830. The molecule has 0 unspecified atom stereocenters. The van der Waals surface area contributed by atoms with E-state index in [1.165, 1.54) is 12.8 Å². The van der Waals surface area contributed by atoms with Crippen molar-refractivity contribution in [3.8, 4) is 0 Å². The molecule has 18 heavy (non-hydrogen) atoms. The van der Waals surface area contributed by atoms with E-state index in [2.05, 4.69) is 18.4 Å². The van der Waals surface area contributed by atoms with E-state index in [-0.39, 0.29) is 5.91 Å². The molecule has 0 aromatic carbocycles. The minimum absolute atomic E-state index is 0.245. The highest BCUT2D eigenvalue weighted by molar-refractivity contribution is 5.78. The highest BCUT2D eigenvalue weighted by Gasteiger charge is 2.25. The van der Waals surface area contributed by atoms with Crippen LogP contribution in [-0.2, 0) is 4.79 Å². The Morgan fingerprint density at radius 3 is 2.39 bits per heavy atom. The molecule has 1 fully saturated rings. The van der Waals surface area contributed by atoms with Crippen LogP contribution < -0.4 is 0 Å². The molecule has 0 radical (unpaired) electrons. The van der Waals surface area contributed by atoms with Crippen molar-refractivity contribution in [1.29, 1.82) is 0 Å². The predicted molar refractivity (Wildman–Crippen MR) is 76.5 cm³/mol. The molecule has 0 aromatic rings. The van der Waals surface area contributed by atoms with Crippen LogP contribution in [0.5, 0.6) is 0 Å². The van der Waals surface area contributed by atoms with E-state index in [1.54, 1.807) is 0 Å². The number of carbonyl (C=O) groups is 1. The zero-order valence-electron chi connectivity index (χ0n) is 12.2. The molecule has 1 aliphatic carbocycles. The average Bonchev–Trinajstić information content (AvgIpc) is 3.09. The molecule has 0 atom stereocenters. The summed E-state index contributed by atoms with van der Waals surface area (Å²) in [6, 6.07) is 0. The first-order chi connectivity index (χ1) is 8.56. The van der Waals surface area contributed by atoms with E-state index in [0.29, 0.717) is 13.1 Å². The quantitative estimate of drug-likeness (QED) is 0.589. The SMILES string of the molecule is C=C(C)CN(CC)C(=O)CN(CCC)CC1CC1. The van der Waals surface area contributed by atoms with Crippen molar-refractivity contribution in [2.75, 3.05) is 32.7 Å². The molecule has 0 N–H and O–H groups in total. The fourth-order valence-corrected chi connectivity index (χ4v) is 2.21. The highest BCUT2D eigenvalue weighted by atomic mass is 16.2. The molecule has 3 heteroatoms. The number of carbonyl (C=O) groups excluding carboxylic acids is 1. The third-order valence-corrected chi connectivity index (χ3v) is 3.31. The summed E-state index contributed by atoms with van der Waals surface area (Å²) >= 11 is 0. The van der Waals surface area contributed by atoms with E-state index >= 15 is 0 Å². The van der Waals surface area contributed by atoms with Crippen molar-refractivity contribution >= 4 is 5.91 Å². The Bertz CT molecular complexity index is 284. The first-order valence-corrected chi connectivity index (χ1v) is 7.21. The maximum Gasteiger partial charge on any atom is 0.237 e. The molecular weight excluding hydrogens is 224 g/mol. The number of hydrogen-bond acceptors (Lipinski definition) is 2. The zero-order valence-corrected chi connectivity index (χ0v) is 12.2. The summed E-state index contributed by atoms with van der Waals surface area (Å²) in [6.07, 6.45) is 3.81. The van der Waals surface area contributed by atoms with E-state index in [1.807, 2.05) is 18.7 Å². The minimum atomic E-state index is 0.245. The van der Waals surface area contributed by atoms with Gasteiger partial charge < -0.3 is 4.90 Å². The Balaban J connectivity index is 2.43. The Kier molecular flexibility index (Phi) is 6.41. The average molecular weight is 252 g/mol. The molecule has 1 rings (SSSR count). The number of nitrogens with zero attached hydrogens (tertiary/aromatic N) is 2. The van der Waals surface area contributed by atoms with E-state index in [0.717, 1.165) is 37.5 Å². The normalized spacial score (nSPS) is 14.9. The lowest BCUT2D eigenvalue weighted by Gasteiger charge is -2.26. The van der Waals surface area contributed by atoms with Crippen molar-refractivity contribution in [3.05, 3.63) is 12.2 Å². The van der Waals surface area contributed by atoms with Gasteiger partial charge in [-0.15, -0.1) is 0 Å². The van der Waals surface area contributed by atoms with Gasteiger partial charge in [-0.05, 0) is 45.6 Å². The number of amides is 1. The zero-order chi connectivity index (χ0) is 13.5. The lowest BCUT2D eigenvalue weighted by molar-refractivity contribution is -0.131. The number of likely N-dealkylation sites (N-methyl/N-ethyl adjacent to an activating group) is 1. The molecule has 0 heterocycles. The largest absolute Gasteiger partial charge is 0.338 e. The van der Waals surface area contributed by atoms with Crippen molar-refractivity contribution < 1.29 is 4.79 Å². The van der Waals surface area contributed by atoms with Crippen molar-refractivity contribution in [1.82, 2.24) is 9.80 Å². The van der Waals surface area contributed by atoms with Gasteiger partial charge in [0.05, 0.1) is 6.54 Å². The van der Waals surface area contributed by atoms with Gasteiger partial charge in [0.15, 0.2) is 0 Å². The molecule has 0 aliphatic heterocycles. The monoisotopic (exact) mass is 252 g/mol. The van der Waals surface area contributed by atoms with Gasteiger partial charge in [-0.2, -0.15) is 0 Å². The summed E-state index contributed by atoms with van der Waals surface area (Å²) in [5, 5.41) is 0. The second-order valence-electron chi connectivity index (χ2n) is 5.54. The molecule has 0 aromatic heterocycles. The van der Waals surface area contributed by atoms with Crippen LogP contribution >= 0.6 is 0 Å². The third kappa shape index (κ3) is 5.67. The summed E-state index contributed by atoms with van der Waals surface area (Å²) < 4.78 is 0. The maximum absolute atomic E-state index is 12.2. The summed E-state index contributed by atoms with van der Waals surface area (Å²) in [7, 11) is 0. The molecule has 1 saturated carbocycles. The number of hydrogen-bond donors (Lipinski definition) is 0. The van der Waals surface area contributed by atoms with Crippen molar-refractivity contribution in [2.45, 2.75) is 40.0 Å². The minimum Gasteiger partial charge on any atom is -0.338 e. The van der Waals surface area contributed by atoms with Crippen LogP contribution in [0.4, 0.5) is 0 Å². The Morgan fingerprint density at radius 2 is 1.94 bits per heavy atom. The summed E-state index contributed by atoms with van der Waals surface area (Å²) in [4.78, 5) is 16.5. The molecule has 1 amide bonds. The third-order valence-electron chi connectivity index (χ3n) is 3.31. The lowest BCUT2D eigenvalue weighted by Crippen LogP contribution is -2.42. The van der Waals surface area contributed by atoms with Gasteiger partial charge in [0, 0.05) is 19.6 Å². The van der Waals surface area contributed by atoms with Crippen LogP contribution in [0.1, 0.15) is 40.0 Å². The fraction of sp³-hybridized carbons (Fsp3) is 0.800. The molecule has 3 nitrogen and oxygen atoms in total. The highest BCUT2D eigenvalue weighted by Crippen LogP contribution is 2.29. The van der Waals surface area contributed by atoms with E-state index in [4.69, 9.17) is 0 Å². The van der Waals surface area contributed by atoms with Gasteiger partial charge in [-0.25, -0.2) is 0 Å². The maximum atomic E-state index is 12.2. The molecule has 0 bridgehead atoms. The Morgan fingerprint density at radius 1 is 1.28 bits per heavy atom. The van der Waals surface area contributed by atoms with Crippen LogP contribution in [0, 0.1) is 5.92 Å². The molecule has 1 aliphatic rings. The molecule has 0 spiro atoms. The lowest BCUT2D eigenvalue weighted by atomic mass is 10.3. The van der Waals surface area contributed by atoms with E-state index < -0.39 is 0 Å². The topological polar surface area (TPSA) is 23.6 Å². The van der Waals surface area contributed by atoms with Gasteiger partial charge in [0.2, 0.25) is 5.91 Å². The molecular formula is C15H28N2O. The first-order valence-electron chi connectivity index (χ1n) is 7.21. The van der Waals surface area contributed by atoms with E-state index in [9.17, 15) is 4.79 Å². The van der Waals surface area contributed by atoms with Crippen LogP contribution in [0.15, 0.2) is 12.2 Å². The van der Waals surface area contributed by atoms with Crippen LogP contribution in [-0.4, -0.2) is 48.4 Å². The predicted octanol–water partition coefficient (Wildman–Crippen LogP) is 2.53. The van der Waals surface area contributed by atoms with Gasteiger partial charge in [-0.3, -0.25) is 9.69 Å². The summed E-state index contributed by atoms with van der Waals surface area (Å²) in [5.74, 6) is 1.09. The summed E-state index contributed by atoms with van der Waals surface area (Å²) in [5.41, 5.74) is 1.05. The van der Waals surface area contributed by atoms with Crippen LogP contribution in [0.3, 0.4) is 0 Å².